The van der Waals surface area contributed by atoms with Crippen LogP contribution < -0.4 is 0 Å². The van der Waals surface area contributed by atoms with Crippen LogP contribution in [-0.4, -0.2) is 42.6 Å². The van der Waals surface area contributed by atoms with Gasteiger partial charge in [-0.3, -0.25) is 9.59 Å². The van der Waals surface area contributed by atoms with Crippen LogP contribution in [0.3, 0.4) is 0 Å². The molecule has 0 radical (unpaired) electrons. The molecule has 3 aliphatic rings. The van der Waals surface area contributed by atoms with Gasteiger partial charge in [0.25, 0.3) is 0 Å². The van der Waals surface area contributed by atoms with Gasteiger partial charge in [0.2, 0.25) is 11.6 Å². The van der Waals surface area contributed by atoms with E-state index in [1.165, 1.54) is 11.8 Å². The lowest BCUT2D eigenvalue weighted by Crippen LogP contribution is -2.36. The van der Waals surface area contributed by atoms with Crippen molar-refractivity contribution in [3.8, 4) is 0 Å². The summed E-state index contributed by atoms with van der Waals surface area (Å²) in [7, 11) is 1.62. The molecule has 20 heavy (non-hydrogen) atoms. The fraction of sp³-hybridized carbons (Fsp3) is 0.643. The normalized spacial score (nSPS) is 35.5. The number of thioether (sulfide) groups is 1. The molecule has 2 saturated carbocycles. The Balaban J connectivity index is 1.98. The van der Waals surface area contributed by atoms with Crippen LogP contribution >= 0.6 is 11.8 Å². The van der Waals surface area contributed by atoms with E-state index in [0.717, 1.165) is 6.42 Å². The fourth-order valence-electron chi connectivity index (χ4n) is 3.44. The first kappa shape index (κ1) is 13.8. The van der Waals surface area contributed by atoms with E-state index in [-0.39, 0.29) is 35.6 Å². The highest BCUT2D eigenvalue weighted by atomic mass is 32.2. The Morgan fingerprint density at radius 2 is 2.10 bits per heavy atom. The molecule has 0 aromatic rings. The van der Waals surface area contributed by atoms with Gasteiger partial charge in [-0.05, 0) is 19.8 Å². The highest BCUT2D eigenvalue weighted by Gasteiger charge is 2.58. The third-order valence-corrected chi connectivity index (χ3v) is 5.70. The van der Waals surface area contributed by atoms with Gasteiger partial charge in [-0.1, -0.05) is 0 Å². The average Bonchev–Trinajstić information content (AvgIpc) is 2.94. The van der Waals surface area contributed by atoms with Gasteiger partial charge in [0.15, 0.2) is 0 Å². The van der Waals surface area contributed by atoms with Crippen molar-refractivity contribution in [3.05, 3.63) is 10.5 Å². The molecule has 108 valence electrons. The molecule has 2 fully saturated rings. The molecule has 1 aliphatic heterocycles. The first-order chi connectivity index (χ1) is 9.58. The molecule has 0 amide bonds. The predicted molar refractivity (Wildman–Crippen MR) is 72.1 cm³/mol. The molecule has 0 saturated heterocycles. The maximum absolute atomic E-state index is 12.2. The lowest BCUT2D eigenvalue weighted by atomic mass is 9.78. The van der Waals surface area contributed by atoms with Crippen LogP contribution in [0.4, 0.5) is 0 Å². The largest absolute Gasteiger partial charge is 0.462 e. The van der Waals surface area contributed by atoms with Gasteiger partial charge >= 0.3 is 5.97 Å². The number of Topliss-reactive ketones (excluding diaryl/α,β-unsaturated/α-hetero) is 2. The van der Waals surface area contributed by atoms with Crippen LogP contribution in [0.5, 0.6) is 0 Å². The minimum atomic E-state index is -0.491. The van der Waals surface area contributed by atoms with Crippen molar-refractivity contribution < 1.29 is 23.9 Å². The maximum Gasteiger partial charge on any atom is 0.345 e. The van der Waals surface area contributed by atoms with E-state index in [0.29, 0.717) is 16.9 Å². The lowest BCUT2D eigenvalue weighted by molar-refractivity contribution is -0.138. The molecule has 0 aromatic carbocycles. The summed E-state index contributed by atoms with van der Waals surface area (Å²) in [5.41, 5.74) is 0.406. The van der Waals surface area contributed by atoms with E-state index in [2.05, 4.69) is 0 Å². The van der Waals surface area contributed by atoms with E-state index in [1.807, 2.05) is 0 Å². The number of ether oxygens (including phenoxy) is 2. The Hall–Kier alpha value is -1.14. The van der Waals surface area contributed by atoms with E-state index < -0.39 is 11.8 Å². The SMILES string of the molecule is CCOC(=O)C1=C2C(=O)C(=O)C3CC(OC)CC(S1)C23. The van der Waals surface area contributed by atoms with Gasteiger partial charge in [-0.2, -0.15) is 0 Å². The molecule has 5 nitrogen and oxygen atoms in total. The van der Waals surface area contributed by atoms with Crippen molar-refractivity contribution in [2.45, 2.75) is 31.1 Å². The van der Waals surface area contributed by atoms with E-state index in [4.69, 9.17) is 9.47 Å². The topological polar surface area (TPSA) is 69.7 Å². The molecule has 0 N–H and O–H groups in total. The van der Waals surface area contributed by atoms with Crippen LogP contribution in [0.2, 0.25) is 0 Å². The van der Waals surface area contributed by atoms with Gasteiger partial charge in [0.1, 0.15) is 4.91 Å². The van der Waals surface area contributed by atoms with Crippen LogP contribution in [0.25, 0.3) is 0 Å². The second-order valence-electron chi connectivity index (χ2n) is 5.27. The summed E-state index contributed by atoms with van der Waals surface area (Å²) in [6.45, 7) is 1.99. The van der Waals surface area contributed by atoms with Crippen LogP contribution in [0.1, 0.15) is 19.8 Å². The van der Waals surface area contributed by atoms with Gasteiger partial charge < -0.3 is 9.47 Å². The molecule has 6 heteroatoms. The first-order valence-electron chi connectivity index (χ1n) is 6.77. The number of carbonyl (C=O) groups excluding carboxylic acids is 3. The number of methoxy groups -OCH3 is 1. The van der Waals surface area contributed by atoms with E-state index >= 15 is 0 Å². The number of esters is 1. The number of carbonyl (C=O) groups is 3. The zero-order chi connectivity index (χ0) is 14.4. The molecule has 1 heterocycles. The van der Waals surface area contributed by atoms with Gasteiger partial charge in [-0.25, -0.2) is 4.79 Å². The minimum Gasteiger partial charge on any atom is -0.462 e. The maximum atomic E-state index is 12.2. The number of hydrogen-bond acceptors (Lipinski definition) is 6. The smallest absolute Gasteiger partial charge is 0.345 e. The summed E-state index contributed by atoms with van der Waals surface area (Å²) >= 11 is 1.38. The summed E-state index contributed by atoms with van der Waals surface area (Å²) in [6, 6.07) is 0. The molecule has 2 aliphatic carbocycles. The zero-order valence-electron chi connectivity index (χ0n) is 11.4. The summed E-state index contributed by atoms with van der Waals surface area (Å²) in [5, 5.41) is 0.0727. The summed E-state index contributed by atoms with van der Waals surface area (Å²) in [5.74, 6) is -1.77. The first-order valence-corrected chi connectivity index (χ1v) is 7.65. The van der Waals surface area contributed by atoms with Crippen molar-refractivity contribution in [1.29, 1.82) is 0 Å². The molecule has 0 bridgehead atoms. The molecular weight excluding hydrogens is 280 g/mol. The molecular formula is C14H16O5S. The van der Waals surface area contributed by atoms with Crippen LogP contribution in [0, 0.1) is 11.8 Å². The quantitative estimate of drug-likeness (QED) is 0.574. The number of ketones is 2. The van der Waals surface area contributed by atoms with Crippen molar-refractivity contribution in [1.82, 2.24) is 0 Å². The second-order valence-corrected chi connectivity index (χ2v) is 6.52. The van der Waals surface area contributed by atoms with Gasteiger partial charge in [-0.15, -0.1) is 11.8 Å². The summed E-state index contributed by atoms with van der Waals surface area (Å²) in [4.78, 5) is 36.6. The monoisotopic (exact) mass is 296 g/mol. The predicted octanol–water partition coefficient (Wildman–Crippen LogP) is 1.11. The van der Waals surface area contributed by atoms with Crippen LogP contribution in [0.15, 0.2) is 10.5 Å². The lowest BCUT2D eigenvalue weighted by Gasteiger charge is -2.33. The van der Waals surface area contributed by atoms with Gasteiger partial charge in [0, 0.05) is 29.8 Å². The molecule has 0 aromatic heterocycles. The van der Waals surface area contributed by atoms with Crippen molar-refractivity contribution >= 4 is 29.3 Å². The fourth-order valence-corrected chi connectivity index (χ4v) is 5.04. The summed E-state index contributed by atoms with van der Waals surface area (Å²) in [6.07, 6.45) is 1.31. The highest BCUT2D eigenvalue weighted by Crippen LogP contribution is 2.55. The number of allylic oxidation sites excluding steroid dienone is 1. The Morgan fingerprint density at radius 3 is 2.75 bits per heavy atom. The minimum absolute atomic E-state index is 0.0219. The Bertz CT molecular complexity index is 524. The van der Waals surface area contributed by atoms with E-state index in [9.17, 15) is 14.4 Å². The third-order valence-electron chi connectivity index (χ3n) is 4.29. The Morgan fingerprint density at radius 1 is 1.35 bits per heavy atom. The van der Waals surface area contributed by atoms with Gasteiger partial charge in [0.05, 0.1) is 12.7 Å². The summed E-state index contributed by atoms with van der Waals surface area (Å²) < 4.78 is 10.4. The number of hydrogen-bond donors (Lipinski definition) is 0. The second kappa shape index (κ2) is 5.00. The van der Waals surface area contributed by atoms with E-state index in [1.54, 1.807) is 14.0 Å². The zero-order valence-corrected chi connectivity index (χ0v) is 12.2. The molecule has 4 atom stereocenters. The third kappa shape index (κ3) is 1.85. The molecule has 4 unspecified atom stereocenters. The van der Waals surface area contributed by atoms with Crippen LogP contribution in [-0.2, 0) is 23.9 Å². The standard InChI is InChI=1S/C14H16O5S/c1-3-19-14(17)13-10-9-7(11(15)12(10)16)4-6(18-2)5-8(9)20-13/h6-9H,3-5H2,1-2H3. The van der Waals surface area contributed by atoms with Crippen molar-refractivity contribution in [2.24, 2.45) is 11.8 Å². The average molecular weight is 296 g/mol. The highest BCUT2D eigenvalue weighted by molar-refractivity contribution is 8.04. The number of rotatable bonds is 3. The van der Waals surface area contributed by atoms with Crippen molar-refractivity contribution in [3.63, 3.8) is 0 Å². The van der Waals surface area contributed by atoms with Crippen molar-refractivity contribution in [2.75, 3.05) is 13.7 Å². The Labute approximate surface area is 121 Å². The Kier molecular flexibility index (Phi) is 3.46. The molecule has 0 spiro atoms. The molecule has 3 rings (SSSR count).